The van der Waals surface area contributed by atoms with Crippen LogP contribution in [0, 0.1) is 0 Å². The summed E-state index contributed by atoms with van der Waals surface area (Å²) in [6.45, 7) is 1.87. The van der Waals surface area contributed by atoms with E-state index in [9.17, 15) is 9.59 Å². The van der Waals surface area contributed by atoms with Crippen LogP contribution in [0.2, 0.25) is 0 Å². The summed E-state index contributed by atoms with van der Waals surface area (Å²) in [5.74, 6) is -0.676. The minimum Gasteiger partial charge on any atom is -0.481 e. The molecule has 1 unspecified atom stereocenters. The highest BCUT2D eigenvalue weighted by atomic mass is 16.4. The largest absolute Gasteiger partial charge is 0.481 e. The van der Waals surface area contributed by atoms with Crippen molar-refractivity contribution in [1.82, 2.24) is 9.97 Å². The SMILES string of the molecule is CCc1nc(N)c(C(=O)C(N)CCC(=O)O)[nH]1. The van der Waals surface area contributed by atoms with Crippen molar-refractivity contribution in [2.24, 2.45) is 5.73 Å². The van der Waals surface area contributed by atoms with Crippen LogP contribution in [0.1, 0.15) is 36.1 Å². The molecule has 0 aliphatic carbocycles. The van der Waals surface area contributed by atoms with Gasteiger partial charge in [0.2, 0.25) is 0 Å². The van der Waals surface area contributed by atoms with E-state index in [0.717, 1.165) is 0 Å². The maximum atomic E-state index is 11.8. The number of H-pyrrole nitrogens is 1. The topological polar surface area (TPSA) is 135 Å². The Morgan fingerprint density at radius 3 is 2.65 bits per heavy atom. The molecule has 0 saturated carbocycles. The van der Waals surface area contributed by atoms with Gasteiger partial charge in [0.05, 0.1) is 6.04 Å². The maximum absolute atomic E-state index is 11.8. The Morgan fingerprint density at radius 2 is 2.18 bits per heavy atom. The zero-order valence-electron chi connectivity index (χ0n) is 9.56. The number of nitrogens with one attached hydrogen (secondary N) is 1. The molecule has 1 aromatic heterocycles. The number of aliphatic carboxylic acids is 1. The first-order valence-electron chi connectivity index (χ1n) is 5.31. The van der Waals surface area contributed by atoms with Crippen molar-refractivity contribution in [3.8, 4) is 0 Å². The summed E-state index contributed by atoms with van der Waals surface area (Å²) in [7, 11) is 0. The number of nitrogens with two attached hydrogens (primary N) is 2. The molecule has 0 fully saturated rings. The third-order valence-corrected chi connectivity index (χ3v) is 2.37. The van der Waals surface area contributed by atoms with Crippen molar-refractivity contribution in [2.45, 2.75) is 32.2 Å². The van der Waals surface area contributed by atoms with Gasteiger partial charge in [-0.2, -0.15) is 0 Å². The predicted octanol–water partition coefficient (Wildman–Crippen LogP) is -0.0709. The normalized spacial score (nSPS) is 12.4. The molecule has 0 spiro atoms. The molecule has 17 heavy (non-hydrogen) atoms. The molecule has 0 aromatic carbocycles. The number of ketones is 1. The number of hydrogen-bond donors (Lipinski definition) is 4. The second-order valence-corrected chi connectivity index (χ2v) is 3.70. The van der Waals surface area contributed by atoms with E-state index < -0.39 is 17.8 Å². The van der Waals surface area contributed by atoms with E-state index in [1.54, 1.807) is 0 Å². The molecule has 1 aromatic rings. The molecule has 6 N–H and O–H groups in total. The highest BCUT2D eigenvalue weighted by Crippen LogP contribution is 2.12. The summed E-state index contributed by atoms with van der Waals surface area (Å²) in [5, 5.41) is 8.50. The number of imidazole rings is 1. The third-order valence-electron chi connectivity index (χ3n) is 2.37. The number of aryl methyl sites for hydroxylation is 1. The molecule has 0 aliphatic rings. The third kappa shape index (κ3) is 3.28. The molecular formula is C10H16N4O3. The van der Waals surface area contributed by atoms with Gasteiger partial charge in [-0.25, -0.2) is 4.98 Å². The fourth-order valence-electron chi connectivity index (χ4n) is 1.39. The summed E-state index contributed by atoms with van der Waals surface area (Å²) >= 11 is 0. The van der Waals surface area contributed by atoms with E-state index in [4.69, 9.17) is 16.6 Å². The minimum atomic E-state index is -0.986. The quantitative estimate of drug-likeness (QED) is 0.514. The Hall–Kier alpha value is -1.89. The van der Waals surface area contributed by atoms with Crippen LogP contribution in [0.4, 0.5) is 5.82 Å². The second-order valence-electron chi connectivity index (χ2n) is 3.70. The number of carboxylic acid groups (broad SMARTS) is 1. The average molecular weight is 240 g/mol. The average Bonchev–Trinajstić information content (AvgIpc) is 2.66. The number of Topliss-reactive ketones (excluding diaryl/α,β-unsaturated/α-hetero) is 1. The predicted molar refractivity (Wildman–Crippen MR) is 61.6 cm³/mol. The van der Waals surface area contributed by atoms with Crippen molar-refractivity contribution >= 4 is 17.6 Å². The lowest BCUT2D eigenvalue weighted by molar-refractivity contribution is -0.137. The Labute approximate surface area is 98.2 Å². The van der Waals surface area contributed by atoms with Crippen LogP contribution < -0.4 is 11.5 Å². The van der Waals surface area contributed by atoms with Crippen molar-refractivity contribution in [3.63, 3.8) is 0 Å². The van der Waals surface area contributed by atoms with Crippen molar-refractivity contribution < 1.29 is 14.7 Å². The van der Waals surface area contributed by atoms with Crippen LogP contribution in [0.25, 0.3) is 0 Å². The van der Waals surface area contributed by atoms with Crippen molar-refractivity contribution in [2.75, 3.05) is 5.73 Å². The lowest BCUT2D eigenvalue weighted by atomic mass is 10.1. The summed E-state index contributed by atoms with van der Waals surface area (Å²) in [4.78, 5) is 29.0. The van der Waals surface area contributed by atoms with Crippen LogP contribution in [-0.2, 0) is 11.2 Å². The Bertz CT molecular complexity index is 427. The molecule has 1 heterocycles. The molecular weight excluding hydrogens is 224 g/mol. The number of carboxylic acids is 1. The number of aromatic amines is 1. The number of aromatic nitrogens is 2. The lowest BCUT2D eigenvalue weighted by Gasteiger charge is -2.07. The van der Waals surface area contributed by atoms with Gasteiger partial charge < -0.3 is 21.6 Å². The van der Waals surface area contributed by atoms with Gasteiger partial charge in [0.1, 0.15) is 11.5 Å². The fraction of sp³-hybridized carbons (Fsp3) is 0.500. The van der Waals surface area contributed by atoms with Gasteiger partial charge in [0.15, 0.2) is 11.6 Å². The van der Waals surface area contributed by atoms with Crippen molar-refractivity contribution in [1.29, 1.82) is 0 Å². The van der Waals surface area contributed by atoms with Crippen LogP contribution in [0.15, 0.2) is 0 Å². The van der Waals surface area contributed by atoms with E-state index in [2.05, 4.69) is 9.97 Å². The van der Waals surface area contributed by atoms with Crippen LogP contribution in [0.5, 0.6) is 0 Å². The first kappa shape index (κ1) is 13.2. The van der Waals surface area contributed by atoms with E-state index >= 15 is 0 Å². The Balaban J connectivity index is 2.74. The maximum Gasteiger partial charge on any atom is 0.303 e. The first-order chi connectivity index (χ1) is 7.95. The number of anilines is 1. The van der Waals surface area contributed by atoms with Crippen LogP contribution in [0.3, 0.4) is 0 Å². The molecule has 0 aliphatic heterocycles. The zero-order chi connectivity index (χ0) is 13.0. The smallest absolute Gasteiger partial charge is 0.303 e. The Morgan fingerprint density at radius 1 is 1.53 bits per heavy atom. The first-order valence-corrected chi connectivity index (χ1v) is 5.31. The summed E-state index contributed by atoms with van der Waals surface area (Å²) in [6, 6.07) is -0.876. The molecule has 0 saturated heterocycles. The highest BCUT2D eigenvalue weighted by molar-refractivity contribution is 6.02. The molecule has 1 atom stereocenters. The summed E-state index contributed by atoms with van der Waals surface area (Å²) in [6.07, 6.45) is 0.553. The number of hydrogen-bond acceptors (Lipinski definition) is 5. The van der Waals surface area contributed by atoms with E-state index in [1.165, 1.54) is 0 Å². The molecule has 0 radical (unpaired) electrons. The molecule has 1 rings (SSSR count). The Kier molecular flexibility index (Phi) is 4.22. The highest BCUT2D eigenvalue weighted by Gasteiger charge is 2.21. The number of nitrogen functional groups attached to an aromatic ring is 1. The monoisotopic (exact) mass is 240 g/mol. The number of rotatable bonds is 6. The number of carbonyl (C=O) groups is 2. The van der Waals surface area contributed by atoms with Gasteiger partial charge in [0.25, 0.3) is 0 Å². The second kappa shape index (κ2) is 5.44. The summed E-state index contributed by atoms with van der Waals surface area (Å²) in [5.41, 5.74) is 11.3. The van der Waals surface area contributed by atoms with Crippen LogP contribution in [-0.4, -0.2) is 32.9 Å². The number of nitrogens with zero attached hydrogens (tertiary/aromatic N) is 1. The fourth-order valence-corrected chi connectivity index (χ4v) is 1.39. The van der Waals surface area contributed by atoms with E-state index in [-0.39, 0.29) is 24.4 Å². The van der Waals surface area contributed by atoms with Gasteiger partial charge in [0, 0.05) is 12.8 Å². The minimum absolute atomic E-state index is 0.0775. The number of carbonyl (C=O) groups excluding carboxylic acids is 1. The van der Waals surface area contributed by atoms with Crippen molar-refractivity contribution in [3.05, 3.63) is 11.5 Å². The zero-order valence-corrected chi connectivity index (χ0v) is 9.56. The van der Waals surface area contributed by atoms with Gasteiger partial charge in [-0.1, -0.05) is 6.92 Å². The standard InChI is InChI=1S/C10H16N4O3/c1-2-6-13-8(10(12)14-6)9(17)5(11)3-4-7(15)16/h5H,2-4,11-12H2,1H3,(H,13,14)(H,15,16). The van der Waals surface area contributed by atoms with Gasteiger partial charge >= 0.3 is 5.97 Å². The van der Waals surface area contributed by atoms with E-state index in [1.807, 2.05) is 6.92 Å². The lowest BCUT2D eigenvalue weighted by Crippen LogP contribution is -2.31. The molecule has 7 nitrogen and oxygen atoms in total. The van der Waals surface area contributed by atoms with E-state index in [0.29, 0.717) is 12.2 Å². The molecule has 94 valence electrons. The van der Waals surface area contributed by atoms with Gasteiger partial charge in [-0.05, 0) is 6.42 Å². The molecule has 7 heteroatoms. The van der Waals surface area contributed by atoms with Gasteiger partial charge in [-0.15, -0.1) is 0 Å². The molecule has 0 bridgehead atoms. The van der Waals surface area contributed by atoms with Crippen LogP contribution >= 0.6 is 0 Å². The summed E-state index contributed by atoms with van der Waals surface area (Å²) < 4.78 is 0. The molecule has 0 amide bonds. The van der Waals surface area contributed by atoms with Gasteiger partial charge in [-0.3, -0.25) is 9.59 Å².